The summed E-state index contributed by atoms with van der Waals surface area (Å²) in [6.45, 7) is 8.88. The lowest BCUT2D eigenvalue weighted by Gasteiger charge is -2.26. The maximum absolute atomic E-state index is 13.1. The highest BCUT2D eigenvalue weighted by molar-refractivity contribution is 7.13. The normalized spacial score (nSPS) is 12.3. The smallest absolute Gasteiger partial charge is 0.251 e. The lowest BCUT2D eigenvalue weighted by atomic mass is 10.1. The molecule has 0 aliphatic heterocycles. The van der Waals surface area contributed by atoms with Crippen LogP contribution in [0.1, 0.15) is 31.1 Å². The molecule has 1 atom stereocenters. The molecule has 0 aromatic carbocycles. The fraction of sp³-hybridized carbons (Fsp3) is 0.360. The van der Waals surface area contributed by atoms with Crippen molar-refractivity contribution in [2.24, 2.45) is 0 Å². The molecule has 0 aliphatic carbocycles. The Labute approximate surface area is 204 Å². The molecule has 1 unspecified atom stereocenters. The van der Waals surface area contributed by atoms with E-state index in [0.29, 0.717) is 29.3 Å². The first-order valence-electron chi connectivity index (χ1n) is 11.5. The summed E-state index contributed by atoms with van der Waals surface area (Å²) >= 11 is 1.64. The summed E-state index contributed by atoms with van der Waals surface area (Å²) in [4.78, 5) is 28.1. The third-order valence-corrected chi connectivity index (χ3v) is 6.84. The van der Waals surface area contributed by atoms with E-state index in [4.69, 9.17) is 9.97 Å². The molecule has 0 radical (unpaired) electrons. The quantitative estimate of drug-likeness (QED) is 0.392. The lowest BCUT2D eigenvalue weighted by molar-refractivity contribution is 0.0938. The van der Waals surface area contributed by atoms with Crippen molar-refractivity contribution in [3.63, 3.8) is 0 Å². The predicted molar refractivity (Wildman–Crippen MR) is 139 cm³/mol. The van der Waals surface area contributed by atoms with E-state index in [-0.39, 0.29) is 11.9 Å². The average molecular weight is 478 g/mol. The Kier molecular flexibility index (Phi) is 7.23. The third kappa shape index (κ3) is 4.95. The van der Waals surface area contributed by atoms with E-state index in [1.54, 1.807) is 22.0 Å². The van der Waals surface area contributed by atoms with Gasteiger partial charge in [0.25, 0.3) is 5.91 Å². The Bertz CT molecular complexity index is 1260. The molecule has 34 heavy (non-hydrogen) atoms. The van der Waals surface area contributed by atoms with Gasteiger partial charge in [0.15, 0.2) is 5.65 Å². The minimum absolute atomic E-state index is 0.116. The van der Waals surface area contributed by atoms with E-state index < -0.39 is 0 Å². The molecule has 4 aromatic rings. The van der Waals surface area contributed by atoms with Gasteiger partial charge in [-0.1, -0.05) is 19.9 Å². The summed E-state index contributed by atoms with van der Waals surface area (Å²) in [7, 11) is 3.83. The third-order valence-electron chi connectivity index (χ3n) is 5.94. The average Bonchev–Trinajstić information content (AvgIpc) is 3.52. The number of thiophene rings is 1. The molecule has 1 amide bonds. The molecule has 0 saturated carbocycles. The molecule has 8 nitrogen and oxygen atoms in total. The number of nitrogens with one attached hydrogen (secondary N) is 1. The second-order valence-corrected chi connectivity index (χ2v) is 9.34. The molecular weight excluding hydrogens is 446 g/mol. The maximum Gasteiger partial charge on any atom is 0.251 e. The number of likely N-dealkylation sites (N-methyl/N-ethyl adjacent to an activating group) is 1. The monoisotopic (exact) mass is 477 g/mol. The molecule has 178 valence electrons. The van der Waals surface area contributed by atoms with E-state index in [1.807, 2.05) is 60.9 Å². The first-order valence-corrected chi connectivity index (χ1v) is 12.4. The van der Waals surface area contributed by atoms with Gasteiger partial charge in [-0.25, -0.2) is 14.5 Å². The van der Waals surface area contributed by atoms with Gasteiger partial charge in [-0.05, 0) is 49.7 Å². The van der Waals surface area contributed by atoms with Crippen LogP contribution in [0.3, 0.4) is 0 Å². The van der Waals surface area contributed by atoms with Gasteiger partial charge in [-0.15, -0.1) is 11.3 Å². The van der Waals surface area contributed by atoms with Crippen LogP contribution in [0, 0.1) is 0 Å². The predicted octanol–water partition coefficient (Wildman–Crippen LogP) is 4.05. The van der Waals surface area contributed by atoms with Gasteiger partial charge < -0.3 is 10.2 Å². The number of carbonyl (C=O) groups excluding carboxylic acids is 1. The summed E-state index contributed by atoms with van der Waals surface area (Å²) in [6, 6.07) is 9.91. The van der Waals surface area contributed by atoms with Crippen molar-refractivity contribution in [3.05, 3.63) is 53.7 Å². The van der Waals surface area contributed by atoms with Gasteiger partial charge in [0, 0.05) is 38.4 Å². The molecule has 0 bridgehead atoms. The number of carbonyl (C=O) groups is 1. The first kappa shape index (κ1) is 23.8. The highest BCUT2D eigenvalue weighted by Crippen LogP contribution is 2.28. The van der Waals surface area contributed by atoms with Crippen LogP contribution < -0.4 is 10.2 Å². The fourth-order valence-corrected chi connectivity index (χ4v) is 4.64. The van der Waals surface area contributed by atoms with Gasteiger partial charge in [0.05, 0.1) is 28.0 Å². The number of hydrogen-bond acceptors (Lipinski definition) is 7. The highest BCUT2D eigenvalue weighted by Gasteiger charge is 2.18. The highest BCUT2D eigenvalue weighted by atomic mass is 32.1. The summed E-state index contributed by atoms with van der Waals surface area (Å²) < 4.78 is 1.74. The number of anilines is 1. The van der Waals surface area contributed by atoms with Crippen molar-refractivity contribution >= 4 is 28.7 Å². The van der Waals surface area contributed by atoms with Gasteiger partial charge in [0.1, 0.15) is 5.82 Å². The molecule has 0 aliphatic rings. The number of pyridine rings is 1. The standard InChI is InChI=1S/C25H31N7OS/c1-6-31(7-2)17(3)15-26-25(33)18-13-21(28-23(14-18)30(4)5)19-16-27-32-11-10-20(29-24(19)32)22-9-8-12-34-22/h8-14,16-17H,6-7,15H2,1-5H3,(H,26,33). The van der Waals surface area contributed by atoms with Crippen LogP contribution in [0.15, 0.2) is 48.1 Å². The Morgan fingerprint density at radius 3 is 2.62 bits per heavy atom. The van der Waals surface area contributed by atoms with Crippen molar-refractivity contribution < 1.29 is 4.79 Å². The van der Waals surface area contributed by atoms with Crippen molar-refractivity contribution in [1.29, 1.82) is 0 Å². The summed E-state index contributed by atoms with van der Waals surface area (Å²) in [5.74, 6) is 0.586. The summed E-state index contributed by atoms with van der Waals surface area (Å²) in [6.07, 6.45) is 3.66. The molecule has 9 heteroatoms. The second kappa shape index (κ2) is 10.3. The zero-order chi connectivity index (χ0) is 24.2. The molecule has 0 spiro atoms. The summed E-state index contributed by atoms with van der Waals surface area (Å²) in [5.41, 5.74) is 3.60. The summed E-state index contributed by atoms with van der Waals surface area (Å²) in [5, 5.41) is 9.59. The molecule has 0 saturated heterocycles. The van der Waals surface area contributed by atoms with Crippen molar-refractivity contribution in [3.8, 4) is 21.8 Å². The maximum atomic E-state index is 13.1. The fourth-order valence-electron chi connectivity index (χ4n) is 3.94. The number of amides is 1. The molecular formula is C25H31N7OS. The van der Waals surface area contributed by atoms with Crippen molar-refractivity contribution in [2.75, 3.05) is 38.6 Å². The molecule has 1 N–H and O–H groups in total. The molecule has 4 rings (SSSR count). The molecule has 4 aromatic heterocycles. The van der Waals surface area contributed by atoms with Crippen LogP contribution in [0.5, 0.6) is 0 Å². The van der Waals surface area contributed by atoms with Crippen LogP contribution in [-0.2, 0) is 0 Å². The zero-order valence-corrected chi connectivity index (χ0v) is 21.1. The number of nitrogens with zero attached hydrogens (tertiary/aromatic N) is 6. The van der Waals surface area contributed by atoms with Crippen molar-refractivity contribution in [1.82, 2.24) is 29.8 Å². The topological polar surface area (TPSA) is 78.7 Å². The SMILES string of the molecule is CCN(CC)C(C)CNC(=O)c1cc(-c2cnn3ccc(-c4cccs4)nc23)nc(N(C)C)c1. The van der Waals surface area contributed by atoms with E-state index in [9.17, 15) is 4.79 Å². The van der Waals surface area contributed by atoms with Crippen molar-refractivity contribution in [2.45, 2.75) is 26.8 Å². The van der Waals surface area contributed by atoms with Crippen LogP contribution in [-0.4, -0.2) is 70.2 Å². The Hall–Kier alpha value is -3.30. The zero-order valence-electron chi connectivity index (χ0n) is 20.3. The Morgan fingerprint density at radius 1 is 1.15 bits per heavy atom. The van der Waals surface area contributed by atoms with Gasteiger partial charge in [-0.3, -0.25) is 9.69 Å². The van der Waals surface area contributed by atoms with Gasteiger partial charge in [0.2, 0.25) is 0 Å². The number of hydrogen-bond donors (Lipinski definition) is 1. The lowest BCUT2D eigenvalue weighted by Crippen LogP contribution is -2.42. The van der Waals surface area contributed by atoms with Crippen LogP contribution in [0.25, 0.3) is 27.5 Å². The number of rotatable bonds is 9. The van der Waals surface area contributed by atoms with E-state index in [2.05, 4.69) is 36.1 Å². The Balaban J connectivity index is 1.68. The van der Waals surface area contributed by atoms with Gasteiger partial charge in [-0.2, -0.15) is 5.10 Å². The van der Waals surface area contributed by atoms with Crippen LogP contribution >= 0.6 is 11.3 Å². The van der Waals surface area contributed by atoms with E-state index >= 15 is 0 Å². The largest absolute Gasteiger partial charge is 0.363 e. The second-order valence-electron chi connectivity index (χ2n) is 8.39. The van der Waals surface area contributed by atoms with E-state index in [1.165, 1.54) is 0 Å². The molecule has 0 fully saturated rings. The minimum Gasteiger partial charge on any atom is -0.363 e. The van der Waals surface area contributed by atoms with E-state index in [0.717, 1.165) is 29.2 Å². The number of aromatic nitrogens is 4. The molecule has 4 heterocycles. The first-order chi connectivity index (χ1) is 16.4. The van der Waals surface area contributed by atoms with Crippen LogP contribution in [0.4, 0.5) is 5.82 Å². The van der Waals surface area contributed by atoms with Crippen LogP contribution in [0.2, 0.25) is 0 Å². The minimum atomic E-state index is -0.116. The van der Waals surface area contributed by atoms with Gasteiger partial charge >= 0.3 is 0 Å². The Morgan fingerprint density at radius 2 is 1.94 bits per heavy atom. The number of fused-ring (bicyclic) bond motifs is 1.